The van der Waals surface area contributed by atoms with Gasteiger partial charge in [-0.15, -0.1) is 11.5 Å². The van der Waals surface area contributed by atoms with Crippen molar-refractivity contribution >= 4 is 0 Å². The monoisotopic (exact) mass is 135 g/mol. The first-order valence-electron chi connectivity index (χ1n) is 3.12. The average Bonchev–Trinajstić information content (AvgIpc) is 2.33. The van der Waals surface area contributed by atoms with Gasteiger partial charge in [0.25, 0.3) is 0 Å². The molecule has 1 rings (SSSR count). The van der Waals surface area contributed by atoms with Crippen LogP contribution in [0.3, 0.4) is 0 Å². The van der Waals surface area contributed by atoms with E-state index in [0.717, 1.165) is 5.69 Å². The topological polar surface area (TPSA) is 30.7 Å². The predicted octanol–water partition coefficient (Wildman–Crippen LogP) is 0.840. The Labute approximate surface area is 60.1 Å². The molecule has 1 aromatic heterocycles. The summed E-state index contributed by atoms with van der Waals surface area (Å²) in [5.41, 5.74) is 0.731. The lowest BCUT2D eigenvalue weighted by molar-refractivity contribution is 0.509. The van der Waals surface area contributed by atoms with E-state index in [0.29, 0.717) is 0 Å². The van der Waals surface area contributed by atoms with Crippen LogP contribution >= 0.6 is 0 Å². The van der Waals surface area contributed by atoms with Crippen LogP contribution < -0.4 is 0 Å². The first-order valence-corrected chi connectivity index (χ1v) is 3.12. The third kappa shape index (κ3) is 1.01. The standard InChI is InChI=1S/C7H9N3/c1-4-7-5-8-9-10(7)6(2)3/h1,5-6H,2-3H3. The van der Waals surface area contributed by atoms with Crippen LogP contribution in [0.1, 0.15) is 25.6 Å². The van der Waals surface area contributed by atoms with Crippen molar-refractivity contribution in [2.24, 2.45) is 0 Å². The average molecular weight is 135 g/mol. The highest BCUT2D eigenvalue weighted by Crippen LogP contribution is 2.03. The van der Waals surface area contributed by atoms with E-state index in [1.807, 2.05) is 13.8 Å². The second kappa shape index (κ2) is 2.53. The number of aromatic nitrogens is 3. The molecule has 0 N–H and O–H groups in total. The second-order valence-corrected chi connectivity index (χ2v) is 2.30. The number of rotatable bonds is 1. The molecule has 10 heavy (non-hydrogen) atoms. The quantitative estimate of drug-likeness (QED) is 0.534. The summed E-state index contributed by atoms with van der Waals surface area (Å²) in [6, 6.07) is 0.286. The fourth-order valence-electron chi connectivity index (χ4n) is 0.728. The van der Waals surface area contributed by atoms with E-state index in [9.17, 15) is 0 Å². The molecule has 52 valence electrons. The van der Waals surface area contributed by atoms with Crippen molar-refractivity contribution in [1.29, 1.82) is 0 Å². The van der Waals surface area contributed by atoms with E-state index in [4.69, 9.17) is 6.42 Å². The van der Waals surface area contributed by atoms with Crippen LogP contribution in [0.25, 0.3) is 0 Å². The number of hydrogen-bond donors (Lipinski definition) is 0. The van der Waals surface area contributed by atoms with Gasteiger partial charge in [-0.3, -0.25) is 0 Å². The normalized spacial score (nSPS) is 9.80. The molecule has 0 amide bonds. The molecule has 0 atom stereocenters. The smallest absolute Gasteiger partial charge is 0.131 e. The van der Waals surface area contributed by atoms with Crippen LogP contribution in [0.2, 0.25) is 0 Å². The third-order valence-electron chi connectivity index (χ3n) is 1.21. The molecule has 3 heteroatoms. The van der Waals surface area contributed by atoms with Crippen LogP contribution in [-0.2, 0) is 0 Å². The van der Waals surface area contributed by atoms with Gasteiger partial charge in [-0.2, -0.15) is 0 Å². The Kier molecular flexibility index (Phi) is 1.72. The van der Waals surface area contributed by atoms with E-state index < -0.39 is 0 Å². The molecule has 0 saturated heterocycles. The minimum absolute atomic E-state index is 0.286. The van der Waals surface area contributed by atoms with Crippen molar-refractivity contribution in [1.82, 2.24) is 15.0 Å². The highest BCUT2D eigenvalue weighted by atomic mass is 15.4. The summed E-state index contributed by atoms with van der Waals surface area (Å²) < 4.78 is 1.71. The largest absolute Gasteiger partial charge is 0.234 e. The Morgan fingerprint density at radius 2 is 2.40 bits per heavy atom. The van der Waals surface area contributed by atoms with E-state index in [1.54, 1.807) is 10.9 Å². The molecule has 0 radical (unpaired) electrons. The van der Waals surface area contributed by atoms with Gasteiger partial charge in [0.05, 0.1) is 6.20 Å². The lowest BCUT2D eigenvalue weighted by Gasteiger charge is -2.03. The molecular weight excluding hydrogens is 126 g/mol. The molecule has 0 aliphatic heterocycles. The van der Waals surface area contributed by atoms with Crippen molar-refractivity contribution in [2.75, 3.05) is 0 Å². The Morgan fingerprint density at radius 1 is 1.70 bits per heavy atom. The fourth-order valence-corrected chi connectivity index (χ4v) is 0.728. The second-order valence-electron chi connectivity index (χ2n) is 2.30. The van der Waals surface area contributed by atoms with Crippen LogP contribution in [0.4, 0.5) is 0 Å². The summed E-state index contributed by atoms with van der Waals surface area (Å²) in [6.07, 6.45) is 6.77. The van der Waals surface area contributed by atoms with E-state index in [-0.39, 0.29) is 6.04 Å². The Balaban J connectivity index is 3.05. The van der Waals surface area contributed by atoms with Crippen LogP contribution in [0, 0.1) is 12.3 Å². The van der Waals surface area contributed by atoms with E-state index in [1.165, 1.54) is 0 Å². The zero-order chi connectivity index (χ0) is 7.56. The van der Waals surface area contributed by atoms with Gasteiger partial charge in [0, 0.05) is 6.04 Å². The molecule has 0 bridgehead atoms. The summed E-state index contributed by atoms with van der Waals surface area (Å²) in [5.74, 6) is 2.49. The van der Waals surface area contributed by atoms with Gasteiger partial charge < -0.3 is 0 Å². The highest BCUT2D eigenvalue weighted by molar-refractivity contribution is 5.20. The molecule has 0 aliphatic carbocycles. The molecule has 0 unspecified atom stereocenters. The summed E-state index contributed by atoms with van der Waals surface area (Å²) >= 11 is 0. The molecule has 1 aromatic rings. The first-order chi connectivity index (χ1) is 4.75. The first kappa shape index (κ1) is 6.81. The van der Waals surface area contributed by atoms with E-state index >= 15 is 0 Å². The highest BCUT2D eigenvalue weighted by Gasteiger charge is 2.02. The number of terminal acetylenes is 1. The van der Waals surface area contributed by atoms with Crippen molar-refractivity contribution in [3.05, 3.63) is 11.9 Å². The lowest BCUT2D eigenvalue weighted by atomic mass is 10.4. The number of nitrogens with zero attached hydrogens (tertiary/aromatic N) is 3. The molecule has 3 nitrogen and oxygen atoms in total. The molecule has 0 fully saturated rings. The van der Waals surface area contributed by atoms with Crippen LogP contribution in [0.15, 0.2) is 6.20 Å². The van der Waals surface area contributed by atoms with Crippen molar-refractivity contribution in [3.8, 4) is 12.3 Å². The molecule has 0 spiro atoms. The molecule has 0 saturated carbocycles. The Bertz CT molecular complexity index is 254. The van der Waals surface area contributed by atoms with Gasteiger partial charge in [-0.05, 0) is 19.8 Å². The molecule has 1 heterocycles. The predicted molar refractivity (Wildman–Crippen MR) is 38.3 cm³/mol. The molecule has 0 aliphatic rings. The lowest BCUT2D eigenvalue weighted by Crippen LogP contribution is -2.05. The van der Waals surface area contributed by atoms with Gasteiger partial charge in [0.1, 0.15) is 5.69 Å². The van der Waals surface area contributed by atoms with Crippen molar-refractivity contribution in [2.45, 2.75) is 19.9 Å². The minimum atomic E-state index is 0.286. The Morgan fingerprint density at radius 3 is 2.80 bits per heavy atom. The van der Waals surface area contributed by atoms with Crippen LogP contribution in [0.5, 0.6) is 0 Å². The van der Waals surface area contributed by atoms with Gasteiger partial charge in [-0.25, -0.2) is 4.68 Å². The van der Waals surface area contributed by atoms with Crippen LogP contribution in [-0.4, -0.2) is 15.0 Å². The summed E-state index contributed by atoms with van der Waals surface area (Å²) in [5, 5.41) is 7.50. The number of hydrogen-bond acceptors (Lipinski definition) is 2. The SMILES string of the molecule is C#Cc1cnnn1C(C)C. The maximum atomic E-state index is 5.18. The Hall–Kier alpha value is -1.30. The van der Waals surface area contributed by atoms with Gasteiger partial charge in [0.15, 0.2) is 0 Å². The van der Waals surface area contributed by atoms with Crippen molar-refractivity contribution in [3.63, 3.8) is 0 Å². The summed E-state index contributed by atoms with van der Waals surface area (Å²) in [7, 11) is 0. The van der Waals surface area contributed by atoms with Gasteiger partial charge in [-0.1, -0.05) is 5.21 Å². The van der Waals surface area contributed by atoms with Crippen molar-refractivity contribution < 1.29 is 0 Å². The zero-order valence-electron chi connectivity index (χ0n) is 6.07. The zero-order valence-corrected chi connectivity index (χ0v) is 6.07. The molecular formula is C7H9N3. The van der Waals surface area contributed by atoms with Gasteiger partial charge in [0.2, 0.25) is 0 Å². The summed E-state index contributed by atoms with van der Waals surface area (Å²) in [4.78, 5) is 0. The maximum Gasteiger partial charge on any atom is 0.131 e. The van der Waals surface area contributed by atoms with E-state index in [2.05, 4.69) is 16.2 Å². The maximum absolute atomic E-state index is 5.18. The summed E-state index contributed by atoms with van der Waals surface area (Å²) in [6.45, 7) is 4.02. The third-order valence-corrected chi connectivity index (χ3v) is 1.21. The van der Waals surface area contributed by atoms with Gasteiger partial charge >= 0.3 is 0 Å². The molecule has 0 aromatic carbocycles. The fraction of sp³-hybridized carbons (Fsp3) is 0.429. The minimum Gasteiger partial charge on any atom is -0.234 e.